The lowest BCUT2D eigenvalue weighted by Gasteiger charge is -2.27. The van der Waals surface area contributed by atoms with Crippen LogP contribution in [-0.2, 0) is 6.54 Å². The molecule has 0 radical (unpaired) electrons. The number of fused-ring (bicyclic) bond motifs is 1. The highest BCUT2D eigenvalue weighted by Gasteiger charge is 2.23. The van der Waals surface area contributed by atoms with Crippen LogP contribution in [0.4, 0.5) is 10.9 Å². The molecule has 1 aliphatic rings. The van der Waals surface area contributed by atoms with Gasteiger partial charge in [-0.05, 0) is 54.8 Å². The molecule has 0 amide bonds. The van der Waals surface area contributed by atoms with Gasteiger partial charge in [0.25, 0.3) is 0 Å². The molecule has 7 nitrogen and oxygen atoms in total. The largest absolute Gasteiger partial charge is 0.497 e. The predicted octanol–water partition coefficient (Wildman–Crippen LogP) is 5.09. The molecule has 2 aromatic carbocycles. The third-order valence-corrected chi connectivity index (χ3v) is 6.93. The Labute approximate surface area is 196 Å². The number of benzene rings is 2. The summed E-state index contributed by atoms with van der Waals surface area (Å²) < 4.78 is 6.35. The molecule has 2 atom stereocenters. The smallest absolute Gasteiger partial charge is 0.184 e. The zero-order valence-electron chi connectivity index (χ0n) is 18.5. The van der Waals surface area contributed by atoms with Crippen molar-refractivity contribution in [2.45, 2.75) is 44.4 Å². The standard InChI is InChI=1S/C25H27N5O2S/c1-32-18-9-7-17(8-10-18)21-14-26-15-24(28-21)27-13-16-6-11-20-23(12-16)33-25(30-20)29-19-4-2-3-5-22(19)31/h6-12,14-15,19,22,31H,2-5,13H2,1H3,(H,27,28)(H,29,30)/t19?,22-/m1/s1. The predicted molar refractivity (Wildman–Crippen MR) is 133 cm³/mol. The van der Waals surface area contributed by atoms with E-state index in [2.05, 4.69) is 27.8 Å². The molecule has 170 valence electrons. The van der Waals surface area contributed by atoms with E-state index in [0.717, 1.165) is 69.4 Å². The van der Waals surface area contributed by atoms with Crippen molar-refractivity contribution in [3.8, 4) is 17.0 Å². The Morgan fingerprint density at radius 2 is 1.91 bits per heavy atom. The molecular formula is C25H27N5O2S. The second-order valence-electron chi connectivity index (χ2n) is 8.30. The SMILES string of the molecule is COc1ccc(-c2cncc(NCc3ccc4nc(NC5CCCC[C@H]5O)sc4c3)n2)cc1. The number of aliphatic hydroxyl groups is 1. The van der Waals surface area contributed by atoms with Gasteiger partial charge in [0.15, 0.2) is 5.13 Å². The number of aliphatic hydroxyl groups excluding tert-OH is 1. The Morgan fingerprint density at radius 3 is 2.73 bits per heavy atom. The second kappa shape index (κ2) is 9.72. The van der Waals surface area contributed by atoms with Crippen LogP contribution in [0.25, 0.3) is 21.5 Å². The van der Waals surface area contributed by atoms with E-state index in [9.17, 15) is 5.11 Å². The van der Waals surface area contributed by atoms with E-state index < -0.39 is 0 Å². The van der Waals surface area contributed by atoms with Gasteiger partial charge in [0.2, 0.25) is 0 Å². The van der Waals surface area contributed by atoms with Crippen molar-refractivity contribution < 1.29 is 9.84 Å². The minimum atomic E-state index is -0.291. The van der Waals surface area contributed by atoms with Gasteiger partial charge < -0.3 is 20.5 Å². The van der Waals surface area contributed by atoms with Crippen LogP contribution in [0.5, 0.6) is 5.75 Å². The van der Waals surface area contributed by atoms with Crippen LogP contribution in [0.2, 0.25) is 0 Å². The van der Waals surface area contributed by atoms with E-state index in [0.29, 0.717) is 6.54 Å². The number of aromatic nitrogens is 3. The molecule has 3 N–H and O–H groups in total. The number of hydrogen-bond donors (Lipinski definition) is 3. The van der Waals surface area contributed by atoms with Crippen molar-refractivity contribution in [3.05, 3.63) is 60.4 Å². The van der Waals surface area contributed by atoms with E-state index in [-0.39, 0.29) is 12.1 Å². The van der Waals surface area contributed by atoms with Crippen molar-refractivity contribution in [1.82, 2.24) is 15.0 Å². The van der Waals surface area contributed by atoms with E-state index in [1.165, 1.54) is 0 Å². The monoisotopic (exact) mass is 461 g/mol. The summed E-state index contributed by atoms with van der Waals surface area (Å²) in [4.78, 5) is 13.7. The number of rotatable bonds is 7. The molecule has 1 aliphatic carbocycles. The summed E-state index contributed by atoms with van der Waals surface area (Å²) in [5.74, 6) is 1.54. The van der Waals surface area contributed by atoms with Gasteiger partial charge in [-0.3, -0.25) is 4.98 Å². The van der Waals surface area contributed by atoms with Gasteiger partial charge in [-0.25, -0.2) is 9.97 Å². The number of anilines is 2. The molecule has 2 heterocycles. The quantitative estimate of drug-likeness (QED) is 0.353. The van der Waals surface area contributed by atoms with Crippen LogP contribution in [0.1, 0.15) is 31.2 Å². The fourth-order valence-electron chi connectivity index (χ4n) is 4.12. The van der Waals surface area contributed by atoms with Crippen LogP contribution in [0, 0.1) is 0 Å². The summed E-state index contributed by atoms with van der Waals surface area (Å²) in [6, 6.07) is 14.2. The number of thiazole rings is 1. The number of methoxy groups -OCH3 is 1. The van der Waals surface area contributed by atoms with Gasteiger partial charge in [0.1, 0.15) is 11.6 Å². The van der Waals surface area contributed by atoms with Gasteiger partial charge in [0, 0.05) is 12.1 Å². The molecular weight excluding hydrogens is 434 g/mol. The first-order valence-electron chi connectivity index (χ1n) is 11.2. The Morgan fingerprint density at radius 1 is 1.06 bits per heavy atom. The lowest BCUT2D eigenvalue weighted by atomic mass is 9.93. The van der Waals surface area contributed by atoms with E-state index in [4.69, 9.17) is 14.7 Å². The molecule has 1 saturated carbocycles. The molecule has 1 unspecified atom stereocenters. The van der Waals surface area contributed by atoms with Gasteiger partial charge in [-0.2, -0.15) is 0 Å². The van der Waals surface area contributed by atoms with Gasteiger partial charge in [-0.1, -0.05) is 30.2 Å². The summed E-state index contributed by atoms with van der Waals surface area (Å²) in [5.41, 5.74) is 3.91. The van der Waals surface area contributed by atoms with Crippen molar-refractivity contribution in [2.75, 3.05) is 17.7 Å². The minimum Gasteiger partial charge on any atom is -0.497 e. The highest BCUT2D eigenvalue weighted by molar-refractivity contribution is 7.22. The Hall–Kier alpha value is -3.23. The average molecular weight is 462 g/mol. The summed E-state index contributed by atoms with van der Waals surface area (Å²) in [5, 5.41) is 17.9. The molecule has 0 bridgehead atoms. The van der Waals surface area contributed by atoms with Crippen LogP contribution < -0.4 is 15.4 Å². The lowest BCUT2D eigenvalue weighted by Crippen LogP contribution is -2.36. The summed E-state index contributed by atoms with van der Waals surface area (Å²) in [6.07, 6.45) is 7.30. The molecule has 33 heavy (non-hydrogen) atoms. The maximum atomic E-state index is 10.2. The van der Waals surface area contributed by atoms with Crippen LogP contribution in [-0.4, -0.2) is 39.3 Å². The maximum Gasteiger partial charge on any atom is 0.184 e. The molecule has 5 rings (SSSR count). The molecule has 2 aromatic heterocycles. The molecule has 4 aromatic rings. The van der Waals surface area contributed by atoms with Crippen LogP contribution >= 0.6 is 11.3 Å². The Kier molecular flexibility index (Phi) is 6.37. The molecule has 8 heteroatoms. The third-order valence-electron chi connectivity index (χ3n) is 5.99. The zero-order valence-corrected chi connectivity index (χ0v) is 19.3. The topological polar surface area (TPSA) is 92.2 Å². The first-order chi connectivity index (χ1) is 16.2. The number of hydrogen-bond acceptors (Lipinski definition) is 8. The molecule has 1 fully saturated rings. The Bertz CT molecular complexity index is 1230. The minimum absolute atomic E-state index is 0.0944. The van der Waals surface area contributed by atoms with E-state index in [1.54, 1.807) is 30.8 Å². The highest BCUT2D eigenvalue weighted by Crippen LogP contribution is 2.30. The molecule has 0 saturated heterocycles. The first kappa shape index (κ1) is 21.6. The van der Waals surface area contributed by atoms with Crippen LogP contribution in [0.15, 0.2) is 54.9 Å². The third kappa shape index (κ3) is 5.07. The zero-order chi connectivity index (χ0) is 22.6. The Balaban J connectivity index is 1.25. The average Bonchev–Trinajstić information content (AvgIpc) is 3.26. The maximum absolute atomic E-state index is 10.2. The first-order valence-corrected chi connectivity index (χ1v) is 12.0. The van der Waals surface area contributed by atoms with Crippen molar-refractivity contribution in [2.24, 2.45) is 0 Å². The van der Waals surface area contributed by atoms with Gasteiger partial charge >= 0.3 is 0 Å². The van der Waals surface area contributed by atoms with Crippen molar-refractivity contribution in [1.29, 1.82) is 0 Å². The van der Waals surface area contributed by atoms with E-state index in [1.807, 2.05) is 30.3 Å². The molecule has 0 spiro atoms. The van der Waals surface area contributed by atoms with Gasteiger partial charge in [0.05, 0.1) is 47.6 Å². The fraction of sp³-hybridized carbons (Fsp3) is 0.320. The number of nitrogens with zero attached hydrogens (tertiary/aromatic N) is 3. The molecule has 0 aliphatic heterocycles. The summed E-state index contributed by atoms with van der Waals surface area (Å²) in [7, 11) is 1.65. The van der Waals surface area contributed by atoms with Crippen molar-refractivity contribution >= 4 is 32.5 Å². The summed E-state index contributed by atoms with van der Waals surface area (Å²) >= 11 is 1.63. The number of nitrogens with one attached hydrogen (secondary N) is 2. The van der Waals surface area contributed by atoms with Crippen LogP contribution in [0.3, 0.4) is 0 Å². The number of ether oxygens (including phenoxy) is 1. The normalized spacial score (nSPS) is 18.2. The highest BCUT2D eigenvalue weighted by atomic mass is 32.1. The van der Waals surface area contributed by atoms with Crippen molar-refractivity contribution in [3.63, 3.8) is 0 Å². The fourth-order valence-corrected chi connectivity index (χ4v) is 5.11. The van der Waals surface area contributed by atoms with E-state index >= 15 is 0 Å². The lowest BCUT2D eigenvalue weighted by molar-refractivity contribution is 0.116. The summed E-state index contributed by atoms with van der Waals surface area (Å²) in [6.45, 7) is 0.638. The van der Waals surface area contributed by atoms with Gasteiger partial charge in [-0.15, -0.1) is 0 Å². The second-order valence-corrected chi connectivity index (χ2v) is 9.33.